The van der Waals surface area contributed by atoms with Gasteiger partial charge in [-0.3, -0.25) is 9.69 Å². The van der Waals surface area contributed by atoms with E-state index in [1.165, 1.54) is 30.9 Å². The van der Waals surface area contributed by atoms with Gasteiger partial charge < -0.3 is 5.32 Å². The third kappa shape index (κ3) is 4.63. The SMILES string of the molecule is O=C(NCc1ccccc1CN1CCCCC1)c1ccc(F)c(F)c1. The molecule has 0 unspecified atom stereocenters. The molecule has 0 bridgehead atoms. The third-order valence-corrected chi connectivity index (χ3v) is 4.58. The predicted molar refractivity (Wildman–Crippen MR) is 93.1 cm³/mol. The van der Waals surface area contributed by atoms with Gasteiger partial charge in [0.05, 0.1) is 0 Å². The van der Waals surface area contributed by atoms with Crippen molar-refractivity contribution in [1.82, 2.24) is 10.2 Å². The van der Waals surface area contributed by atoms with E-state index < -0.39 is 17.5 Å². The maximum absolute atomic E-state index is 13.3. The quantitative estimate of drug-likeness (QED) is 0.893. The topological polar surface area (TPSA) is 32.3 Å². The lowest BCUT2D eigenvalue weighted by Gasteiger charge is -2.27. The fourth-order valence-corrected chi connectivity index (χ4v) is 3.16. The maximum atomic E-state index is 13.3. The van der Waals surface area contributed by atoms with Gasteiger partial charge in [0, 0.05) is 18.7 Å². The zero-order chi connectivity index (χ0) is 17.6. The first-order chi connectivity index (χ1) is 12.1. The van der Waals surface area contributed by atoms with Crippen LogP contribution in [0, 0.1) is 11.6 Å². The number of piperidine rings is 1. The molecule has 1 amide bonds. The van der Waals surface area contributed by atoms with E-state index in [0.717, 1.165) is 37.3 Å². The standard InChI is InChI=1S/C20H22F2N2O/c21-18-9-8-15(12-19(18)22)20(25)23-13-16-6-2-3-7-17(16)14-24-10-4-1-5-11-24/h2-3,6-9,12H,1,4-5,10-11,13-14H2,(H,23,25). The summed E-state index contributed by atoms with van der Waals surface area (Å²) in [5.41, 5.74) is 2.35. The average molecular weight is 344 g/mol. The summed E-state index contributed by atoms with van der Waals surface area (Å²) in [5.74, 6) is -2.38. The highest BCUT2D eigenvalue weighted by Crippen LogP contribution is 2.16. The van der Waals surface area contributed by atoms with E-state index in [1.54, 1.807) is 0 Å². The fourth-order valence-electron chi connectivity index (χ4n) is 3.16. The molecule has 0 radical (unpaired) electrons. The molecule has 2 aromatic carbocycles. The van der Waals surface area contributed by atoms with Crippen LogP contribution in [0.3, 0.4) is 0 Å². The minimum atomic E-state index is -1.02. The summed E-state index contributed by atoms with van der Waals surface area (Å²) < 4.78 is 26.2. The number of amides is 1. The Morgan fingerprint density at radius 3 is 2.40 bits per heavy atom. The van der Waals surface area contributed by atoms with E-state index in [9.17, 15) is 13.6 Å². The average Bonchev–Trinajstić information content (AvgIpc) is 2.64. The van der Waals surface area contributed by atoms with Gasteiger partial charge in [-0.15, -0.1) is 0 Å². The van der Waals surface area contributed by atoms with Gasteiger partial charge >= 0.3 is 0 Å². The Morgan fingerprint density at radius 1 is 0.960 bits per heavy atom. The molecule has 0 aromatic heterocycles. The van der Waals surface area contributed by atoms with Crippen LogP contribution >= 0.6 is 0 Å². The molecule has 1 aliphatic rings. The fraction of sp³-hybridized carbons (Fsp3) is 0.350. The summed E-state index contributed by atoms with van der Waals surface area (Å²) >= 11 is 0. The van der Waals surface area contributed by atoms with Crippen molar-refractivity contribution in [3.05, 3.63) is 70.8 Å². The highest BCUT2D eigenvalue weighted by molar-refractivity contribution is 5.94. The van der Waals surface area contributed by atoms with E-state index >= 15 is 0 Å². The number of carbonyl (C=O) groups excluding carboxylic acids is 1. The Balaban J connectivity index is 1.64. The van der Waals surface area contributed by atoms with E-state index in [4.69, 9.17) is 0 Å². The molecule has 3 rings (SSSR count). The molecule has 0 atom stereocenters. The van der Waals surface area contributed by atoms with Crippen molar-refractivity contribution < 1.29 is 13.6 Å². The number of nitrogens with one attached hydrogen (secondary N) is 1. The molecule has 25 heavy (non-hydrogen) atoms. The molecule has 1 N–H and O–H groups in total. The van der Waals surface area contributed by atoms with E-state index in [-0.39, 0.29) is 5.56 Å². The molecule has 3 nitrogen and oxygen atoms in total. The molecule has 1 aliphatic heterocycles. The van der Waals surface area contributed by atoms with Crippen LogP contribution in [0.15, 0.2) is 42.5 Å². The molecule has 0 saturated carbocycles. The van der Waals surface area contributed by atoms with E-state index in [2.05, 4.69) is 16.3 Å². The minimum Gasteiger partial charge on any atom is -0.348 e. The number of carbonyl (C=O) groups is 1. The van der Waals surface area contributed by atoms with Crippen LogP contribution in [0.5, 0.6) is 0 Å². The number of halogens is 2. The van der Waals surface area contributed by atoms with Crippen molar-refractivity contribution in [3.63, 3.8) is 0 Å². The maximum Gasteiger partial charge on any atom is 0.251 e. The first-order valence-electron chi connectivity index (χ1n) is 8.66. The smallest absolute Gasteiger partial charge is 0.251 e. The van der Waals surface area contributed by atoms with Crippen LogP contribution in [0.1, 0.15) is 40.7 Å². The van der Waals surface area contributed by atoms with Crippen molar-refractivity contribution in [2.75, 3.05) is 13.1 Å². The molecule has 0 aliphatic carbocycles. The van der Waals surface area contributed by atoms with Gasteiger partial charge in [-0.25, -0.2) is 8.78 Å². The predicted octanol–water partition coefficient (Wildman–Crippen LogP) is 3.88. The second kappa shape index (κ2) is 8.21. The summed E-state index contributed by atoms with van der Waals surface area (Å²) in [6.07, 6.45) is 3.76. The van der Waals surface area contributed by atoms with Crippen LogP contribution in [0.2, 0.25) is 0 Å². The number of benzene rings is 2. The molecule has 1 saturated heterocycles. The van der Waals surface area contributed by atoms with Crippen molar-refractivity contribution in [2.45, 2.75) is 32.4 Å². The third-order valence-electron chi connectivity index (χ3n) is 4.58. The molecule has 1 heterocycles. The molecular weight excluding hydrogens is 322 g/mol. The highest BCUT2D eigenvalue weighted by Gasteiger charge is 2.14. The van der Waals surface area contributed by atoms with Gasteiger partial charge in [-0.1, -0.05) is 30.7 Å². The Hall–Kier alpha value is -2.27. The van der Waals surface area contributed by atoms with Crippen molar-refractivity contribution in [3.8, 4) is 0 Å². The van der Waals surface area contributed by atoms with Crippen molar-refractivity contribution in [2.24, 2.45) is 0 Å². The number of hydrogen-bond donors (Lipinski definition) is 1. The van der Waals surface area contributed by atoms with Gasteiger partial charge in [0.15, 0.2) is 11.6 Å². The molecule has 5 heteroatoms. The summed E-state index contributed by atoms with van der Waals surface area (Å²) in [6, 6.07) is 11.2. The van der Waals surface area contributed by atoms with Crippen LogP contribution in [-0.2, 0) is 13.1 Å². The molecule has 2 aromatic rings. The van der Waals surface area contributed by atoms with Crippen LogP contribution < -0.4 is 5.32 Å². The summed E-state index contributed by atoms with van der Waals surface area (Å²) in [4.78, 5) is 14.6. The lowest BCUT2D eigenvalue weighted by atomic mass is 10.0. The zero-order valence-electron chi connectivity index (χ0n) is 14.1. The van der Waals surface area contributed by atoms with E-state index in [0.29, 0.717) is 6.54 Å². The summed E-state index contributed by atoms with van der Waals surface area (Å²) in [7, 11) is 0. The van der Waals surface area contributed by atoms with Crippen molar-refractivity contribution >= 4 is 5.91 Å². The molecule has 1 fully saturated rings. The Bertz CT molecular complexity index is 742. The molecule has 0 spiro atoms. The molecule has 132 valence electrons. The van der Waals surface area contributed by atoms with Crippen LogP contribution in [-0.4, -0.2) is 23.9 Å². The van der Waals surface area contributed by atoms with Crippen LogP contribution in [0.4, 0.5) is 8.78 Å². The first kappa shape index (κ1) is 17.5. The van der Waals surface area contributed by atoms with Gasteiger partial charge in [0.1, 0.15) is 0 Å². The summed E-state index contributed by atoms with van der Waals surface area (Å²) in [6.45, 7) is 3.45. The van der Waals surface area contributed by atoms with Gasteiger partial charge in [-0.2, -0.15) is 0 Å². The summed E-state index contributed by atoms with van der Waals surface area (Å²) in [5, 5.41) is 2.79. The van der Waals surface area contributed by atoms with Gasteiger partial charge in [0.25, 0.3) is 5.91 Å². The second-order valence-corrected chi connectivity index (χ2v) is 6.42. The Morgan fingerprint density at radius 2 is 1.68 bits per heavy atom. The Labute approximate surface area is 146 Å². The number of hydrogen-bond acceptors (Lipinski definition) is 2. The highest BCUT2D eigenvalue weighted by atomic mass is 19.2. The van der Waals surface area contributed by atoms with Gasteiger partial charge in [-0.05, 0) is 55.3 Å². The Kier molecular flexibility index (Phi) is 5.76. The van der Waals surface area contributed by atoms with E-state index in [1.807, 2.05) is 18.2 Å². The minimum absolute atomic E-state index is 0.118. The number of nitrogens with zero attached hydrogens (tertiary/aromatic N) is 1. The van der Waals surface area contributed by atoms with Crippen molar-refractivity contribution in [1.29, 1.82) is 0 Å². The lowest BCUT2D eigenvalue weighted by molar-refractivity contribution is 0.0950. The second-order valence-electron chi connectivity index (χ2n) is 6.42. The zero-order valence-corrected chi connectivity index (χ0v) is 14.1. The number of likely N-dealkylation sites (tertiary alicyclic amines) is 1. The van der Waals surface area contributed by atoms with Crippen LogP contribution in [0.25, 0.3) is 0 Å². The largest absolute Gasteiger partial charge is 0.348 e. The normalized spacial score (nSPS) is 15.1. The lowest BCUT2D eigenvalue weighted by Crippen LogP contribution is -2.30. The van der Waals surface area contributed by atoms with Gasteiger partial charge in [0.2, 0.25) is 0 Å². The number of rotatable bonds is 5. The monoisotopic (exact) mass is 344 g/mol. The first-order valence-corrected chi connectivity index (χ1v) is 8.66. The molecular formula is C20H22F2N2O.